The second-order valence-corrected chi connectivity index (χ2v) is 8.63. The van der Waals surface area contributed by atoms with Crippen molar-refractivity contribution in [3.05, 3.63) is 77.4 Å². The standard InChI is InChI=1S/C26H30F4N6O/c1-5-19(15-32-35-25-31-16-23(27)24(34-25)36-9-11-37-12-10-36)22(17(2)3)13-18(4)33-21-8-6-7-20(14-21)26(28,29)30/h5-8,13-17,33H,1,9-12H2,2-4H3,(H,31,34,35)/b18-13+,22-19-,32-15+. The first-order chi connectivity index (χ1) is 17.6. The molecule has 37 heavy (non-hydrogen) atoms. The highest BCUT2D eigenvalue weighted by molar-refractivity contribution is 5.84. The molecule has 2 N–H and O–H groups in total. The van der Waals surface area contributed by atoms with E-state index in [1.807, 2.05) is 19.9 Å². The quantitative estimate of drug-likeness (QED) is 0.183. The van der Waals surface area contributed by atoms with E-state index in [9.17, 15) is 17.6 Å². The van der Waals surface area contributed by atoms with E-state index in [0.29, 0.717) is 43.3 Å². The van der Waals surface area contributed by atoms with Gasteiger partial charge >= 0.3 is 6.18 Å². The summed E-state index contributed by atoms with van der Waals surface area (Å²) in [6, 6.07) is 5.01. The van der Waals surface area contributed by atoms with Crippen LogP contribution in [0, 0.1) is 11.7 Å². The maximum Gasteiger partial charge on any atom is 0.416 e. The monoisotopic (exact) mass is 518 g/mol. The van der Waals surface area contributed by atoms with Crippen LogP contribution in [-0.2, 0) is 10.9 Å². The number of aromatic nitrogens is 2. The van der Waals surface area contributed by atoms with Crippen LogP contribution in [-0.4, -0.2) is 42.5 Å². The van der Waals surface area contributed by atoms with Gasteiger partial charge in [-0.15, -0.1) is 0 Å². The molecule has 0 bridgehead atoms. The smallest absolute Gasteiger partial charge is 0.378 e. The summed E-state index contributed by atoms with van der Waals surface area (Å²) in [6.07, 6.45) is 1.66. The van der Waals surface area contributed by atoms with E-state index in [4.69, 9.17) is 4.74 Å². The summed E-state index contributed by atoms with van der Waals surface area (Å²) >= 11 is 0. The van der Waals surface area contributed by atoms with Crippen LogP contribution in [0.1, 0.15) is 26.3 Å². The van der Waals surface area contributed by atoms with Crippen molar-refractivity contribution >= 4 is 23.7 Å². The van der Waals surface area contributed by atoms with Crippen LogP contribution in [0.25, 0.3) is 0 Å². The van der Waals surface area contributed by atoms with Gasteiger partial charge in [-0.2, -0.15) is 23.3 Å². The average Bonchev–Trinajstić information content (AvgIpc) is 2.86. The highest BCUT2D eigenvalue weighted by Gasteiger charge is 2.30. The molecule has 0 aliphatic carbocycles. The molecule has 0 spiro atoms. The number of nitrogens with one attached hydrogen (secondary N) is 2. The van der Waals surface area contributed by atoms with E-state index >= 15 is 0 Å². The lowest BCUT2D eigenvalue weighted by atomic mass is 9.96. The Balaban J connectivity index is 1.78. The van der Waals surface area contributed by atoms with Crippen molar-refractivity contribution in [3.8, 4) is 0 Å². The van der Waals surface area contributed by atoms with Crippen molar-refractivity contribution in [3.63, 3.8) is 0 Å². The molecule has 2 aromatic rings. The van der Waals surface area contributed by atoms with Gasteiger partial charge in [-0.05, 0) is 48.3 Å². The molecule has 1 aromatic heterocycles. The number of hydrogen-bond donors (Lipinski definition) is 2. The maximum atomic E-state index is 14.2. The molecule has 1 aliphatic heterocycles. The van der Waals surface area contributed by atoms with Crippen molar-refractivity contribution in [2.24, 2.45) is 11.0 Å². The van der Waals surface area contributed by atoms with Gasteiger partial charge in [0.15, 0.2) is 11.6 Å². The number of rotatable bonds is 9. The molecule has 0 saturated carbocycles. The minimum absolute atomic E-state index is 0.0488. The zero-order chi connectivity index (χ0) is 27.0. The molecular formula is C26H30F4N6O. The molecule has 1 saturated heterocycles. The summed E-state index contributed by atoms with van der Waals surface area (Å²) in [6.45, 7) is 11.6. The molecule has 0 amide bonds. The summed E-state index contributed by atoms with van der Waals surface area (Å²) < 4.78 is 58.7. The number of anilines is 3. The zero-order valence-corrected chi connectivity index (χ0v) is 20.9. The molecule has 0 radical (unpaired) electrons. The average molecular weight is 519 g/mol. The molecule has 1 fully saturated rings. The van der Waals surface area contributed by atoms with Crippen molar-refractivity contribution in [2.75, 3.05) is 41.9 Å². The Morgan fingerprint density at radius 3 is 2.62 bits per heavy atom. The Bertz CT molecular complexity index is 1180. The predicted molar refractivity (Wildman–Crippen MR) is 138 cm³/mol. The van der Waals surface area contributed by atoms with Gasteiger partial charge < -0.3 is 15.0 Å². The Morgan fingerprint density at radius 1 is 1.24 bits per heavy atom. The molecule has 2 heterocycles. The van der Waals surface area contributed by atoms with Crippen LogP contribution in [0.2, 0.25) is 0 Å². The number of morpholine rings is 1. The lowest BCUT2D eigenvalue weighted by molar-refractivity contribution is -0.137. The second-order valence-electron chi connectivity index (χ2n) is 8.63. The Labute approximate surface area is 213 Å². The van der Waals surface area contributed by atoms with E-state index in [-0.39, 0.29) is 17.7 Å². The van der Waals surface area contributed by atoms with Crippen molar-refractivity contribution < 1.29 is 22.3 Å². The molecule has 1 aliphatic rings. The molecule has 0 unspecified atom stereocenters. The number of halogens is 4. The van der Waals surface area contributed by atoms with Gasteiger partial charge in [0.25, 0.3) is 0 Å². The van der Waals surface area contributed by atoms with Gasteiger partial charge in [-0.3, -0.25) is 0 Å². The lowest BCUT2D eigenvalue weighted by Crippen LogP contribution is -2.37. The van der Waals surface area contributed by atoms with E-state index in [2.05, 4.69) is 32.4 Å². The number of nitrogens with zero attached hydrogens (tertiary/aromatic N) is 4. The highest BCUT2D eigenvalue weighted by atomic mass is 19.4. The fourth-order valence-electron chi connectivity index (χ4n) is 3.67. The van der Waals surface area contributed by atoms with Gasteiger partial charge in [0.2, 0.25) is 5.95 Å². The lowest BCUT2D eigenvalue weighted by Gasteiger charge is -2.27. The second kappa shape index (κ2) is 12.5. The third-order valence-electron chi connectivity index (χ3n) is 5.48. The van der Waals surface area contributed by atoms with Gasteiger partial charge in [0.05, 0.1) is 31.2 Å². The largest absolute Gasteiger partial charge is 0.416 e. The number of hydrogen-bond acceptors (Lipinski definition) is 7. The van der Waals surface area contributed by atoms with Gasteiger partial charge in [-0.1, -0.05) is 32.6 Å². The van der Waals surface area contributed by atoms with Crippen molar-refractivity contribution in [1.29, 1.82) is 0 Å². The molecule has 1 aromatic carbocycles. The SMILES string of the molecule is C=CC(/C=N/Nc1ncc(F)c(N2CCOCC2)n1)=C(\C=C(/C)Nc1cccc(C(F)(F)F)c1)C(C)C. The van der Waals surface area contributed by atoms with Crippen LogP contribution >= 0.6 is 0 Å². The number of hydrazone groups is 1. The Morgan fingerprint density at radius 2 is 1.97 bits per heavy atom. The van der Waals surface area contributed by atoms with Gasteiger partial charge in [0.1, 0.15) is 0 Å². The van der Waals surface area contributed by atoms with Gasteiger partial charge in [0, 0.05) is 24.5 Å². The normalized spacial score (nSPS) is 15.7. The van der Waals surface area contributed by atoms with Crippen molar-refractivity contribution in [2.45, 2.75) is 26.9 Å². The summed E-state index contributed by atoms with van der Waals surface area (Å²) in [5, 5.41) is 7.20. The van der Waals surface area contributed by atoms with E-state index in [1.54, 1.807) is 24.0 Å². The fraction of sp³-hybridized carbons (Fsp3) is 0.346. The first-order valence-electron chi connectivity index (χ1n) is 11.7. The topological polar surface area (TPSA) is 74.7 Å². The summed E-state index contributed by atoms with van der Waals surface area (Å²) in [7, 11) is 0. The molecule has 7 nitrogen and oxygen atoms in total. The number of benzene rings is 1. The molecule has 3 rings (SSSR count). The number of allylic oxidation sites excluding steroid dienone is 5. The highest BCUT2D eigenvalue weighted by Crippen LogP contribution is 2.31. The Hall–Kier alpha value is -3.73. The zero-order valence-electron chi connectivity index (χ0n) is 20.9. The van der Waals surface area contributed by atoms with Crippen LogP contribution in [0.15, 0.2) is 71.1 Å². The summed E-state index contributed by atoms with van der Waals surface area (Å²) in [4.78, 5) is 9.96. The number of ether oxygens (including phenoxy) is 1. The van der Waals surface area contributed by atoms with Gasteiger partial charge in [-0.25, -0.2) is 14.8 Å². The van der Waals surface area contributed by atoms with Crippen LogP contribution in [0.5, 0.6) is 0 Å². The fourth-order valence-corrected chi connectivity index (χ4v) is 3.67. The maximum absolute atomic E-state index is 14.2. The van der Waals surface area contributed by atoms with Crippen LogP contribution in [0.4, 0.5) is 35.0 Å². The van der Waals surface area contributed by atoms with Crippen LogP contribution in [0.3, 0.4) is 0 Å². The summed E-state index contributed by atoms with van der Waals surface area (Å²) in [5.74, 6) is -0.170. The first-order valence-corrected chi connectivity index (χ1v) is 11.7. The van der Waals surface area contributed by atoms with E-state index in [0.717, 1.165) is 23.9 Å². The third-order valence-corrected chi connectivity index (χ3v) is 5.48. The molecule has 198 valence electrons. The Kier molecular flexibility index (Phi) is 9.40. The minimum atomic E-state index is -4.42. The van der Waals surface area contributed by atoms with E-state index in [1.165, 1.54) is 12.3 Å². The molecular weight excluding hydrogens is 488 g/mol. The molecule has 11 heteroatoms. The van der Waals surface area contributed by atoms with Crippen molar-refractivity contribution in [1.82, 2.24) is 9.97 Å². The van der Waals surface area contributed by atoms with E-state index < -0.39 is 17.6 Å². The van der Waals surface area contributed by atoms with Crippen LogP contribution < -0.4 is 15.6 Å². The third kappa shape index (κ3) is 7.88. The first kappa shape index (κ1) is 27.9. The summed E-state index contributed by atoms with van der Waals surface area (Å²) in [5.41, 5.74) is 4.50. The number of alkyl halides is 3. The molecule has 0 atom stereocenters. The predicted octanol–water partition coefficient (Wildman–Crippen LogP) is 6.02. The minimum Gasteiger partial charge on any atom is -0.378 e.